The van der Waals surface area contributed by atoms with Crippen LogP contribution in [0.1, 0.15) is 25.5 Å². The molecule has 0 bridgehead atoms. The number of sulfonamides is 1. The van der Waals surface area contributed by atoms with Crippen LogP contribution < -0.4 is 4.31 Å². The van der Waals surface area contributed by atoms with Gasteiger partial charge in [-0.05, 0) is 13.3 Å². The van der Waals surface area contributed by atoms with Crippen LogP contribution in [0.3, 0.4) is 0 Å². The molecular weight excluding hydrogens is 304 g/mol. The summed E-state index contributed by atoms with van der Waals surface area (Å²) in [6, 6.07) is 1.79. The minimum absolute atomic E-state index is 0.00357. The van der Waals surface area contributed by atoms with Crippen molar-refractivity contribution in [3.05, 3.63) is 11.8 Å². The van der Waals surface area contributed by atoms with Crippen molar-refractivity contribution in [2.24, 2.45) is 5.92 Å². The van der Waals surface area contributed by atoms with E-state index in [1.165, 1.54) is 10.6 Å². The van der Waals surface area contributed by atoms with Gasteiger partial charge in [0.05, 0.1) is 6.26 Å². The Balaban J connectivity index is 2.24. The third-order valence-electron chi connectivity index (χ3n) is 3.90. The second-order valence-electron chi connectivity index (χ2n) is 6.01. The zero-order valence-corrected chi connectivity index (χ0v) is 14.4. The Morgan fingerprint density at radius 1 is 1.45 bits per heavy atom. The molecule has 1 aliphatic rings. The lowest BCUT2D eigenvalue weighted by Crippen LogP contribution is -2.35. The Hall–Kier alpha value is -1.57. The van der Waals surface area contributed by atoms with Crippen molar-refractivity contribution < 1.29 is 13.2 Å². The van der Waals surface area contributed by atoms with E-state index in [0.29, 0.717) is 18.8 Å². The van der Waals surface area contributed by atoms with Gasteiger partial charge in [-0.3, -0.25) is 13.8 Å². The van der Waals surface area contributed by atoms with E-state index in [1.807, 2.05) is 11.6 Å². The second kappa shape index (κ2) is 6.28. The first-order chi connectivity index (χ1) is 10.2. The maximum atomic E-state index is 12.1. The van der Waals surface area contributed by atoms with Crippen LogP contribution in [0.4, 0.5) is 5.82 Å². The van der Waals surface area contributed by atoms with Gasteiger partial charge in [0.2, 0.25) is 15.9 Å². The summed E-state index contributed by atoms with van der Waals surface area (Å²) in [7, 11) is -1.69. The maximum Gasteiger partial charge on any atom is 0.233 e. The first-order valence-corrected chi connectivity index (χ1v) is 9.33. The molecule has 1 unspecified atom stereocenters. The lowest BCUT2D eigenvalue weighted by atomic mass is 10.1. The highest BCUT2D eigenvalue weighted by molar-refractivity contribution is 7.92. The lowest BCUT2D eigenvalue weighted by Gasteiger charge is -2.22. The Morgan fingerprint density at radius 2 is 2.14 bits per heavy atom. The van der Waals surface area contributed by atoms with Crippen molar-refractivity contribution in [1.82, 2.24) is 14.7 Å². The highest BCUT2D eigenvalue weighted by atomic mass is 32.2. The Labute approximate surface area is 131 Å². The predicted octanol–water partition coefficient (Wildman–Crippen LogP) is 0.846. The third-order valence-corrected chi connectivity index (χ3v) is 5.04. The minimum Gasteiger partial charge on any atom is -0.345 e. The summed E-state index contributed by atoms with van der Waals surface area (Å²) >= 11 is 0. The number of aromatic nitrogens is 2. The molecule has 2 heterocycles. The highest BCUT2D eigenvalue weighted by Gasteiger charge is 2.32. The van der Waals surface area contributed by atoms with E-state index in [0.717, 1.165) is 18.7 Å². The summed E-state index contributed by atoms with van der Waals surface area (Å²) in [5.74, 6) is 0.505. The molecule has 124 valence electrons. The Bertz CT molecular complexity index is 653. The molecule has 0 radical (unpaired) electrons. The predicted molar refractivity (Wildman–Crippen MR) is 85.2 cm³/mol. The van der Waals surface area contributed by atoms with E-state index in [4.69, 9.17) is 0 Å². The number of carbonyl (C=O) groups excluding carboxylic acids is 1. The van der Waals surface area contributed by atoms with E-state index in [2.05, 4.69) is 12.0 Å². The molecule has 1 saturated heterocycles. The van der Waals surface area contributed by atoms with Crippen LogP contribution in [-0.2, 0) is 21.4 Å². The molecule has 8 heteroatoms. The molecular formula is C14H24N4O3S. The van der Waals surface area contributed by atoms with E-state index < -0.39 is 10.0 Å². The van der Waals surface area contributed by atoms with Crippen LogP contribution in [0.2, 0.25) is 0 Å². The van der Waals surface area contributed by atoms with E-state index in [-0.39, 0.29) is 18.4 Å². The molecule has 0 aliphatic carbocycles. The van der Waals surface area contributed by atoms with Gasteiger partial charge in [-0.15, -0.1) is 0 Å². The number of likely N-dealkylation sites (tertiary alicyclic amines) is 1. The molecule has 22 heavy (non-hydrogen) atoms. The number of rotatable bonds is 6. The van der Waals surface area contributed by atoms with Crippen LogP contribution >= 0.6 is 0 Å². The molecule has 1 amide bonds. The van der Waals surface area contributed by atoms with Crippen molar-refractivity contribution in [2.75, 3.05) is 30.7 Å². The van der Waals surface area contributed by atoms with Gasteiger partial charge in [0.25, 0.3) is 0 Å². The van der Waals surface area contributed by atoms with Crippen molar-refractivity contribution >= 4 is 21.7 Å². The number of aryl methyl sites for hydroxylation is 2. The van der Waals surface area contributed by atoms with Gasteiger partial charge in [-0.25, -0.2) is 8.42 Å². The normalized spacial score (nSPS) is 19.0. The van der Waals surface area contributed by atoms with Crippen LogP contribution in [0.5, 0.6) is 0 Å². The van der Waals surface area contributed by atoms with E-state index >= 15 is 0 Å². The average Bonchev–Trinajstić information content (AvgIpc) is 2.90. The molecule has 1 aromatic rings. The summed E-state index contributed by atoms with van der Waals surface area (Å²) < 4.78 is 27.4. The fourth-order valence-corrected chi connectivity index (χ4v) is 3.68. The number of hydrogen-bond acceptors (Lipinski definition) is 4. The molecule has 2 rings (SSSR count). The fourth-order valence-electron chi connectivity index (χ4n) is 2.76. The van der Waals surface area contributed by atoms with Gasteiger partial charge in [0.1, 0.15) is 0 Å². The van der Waals surface area contributed by atoms with E-state index in [9.17, 15) is 13.2 Å². The SMILES string of the molecule is CCCn1nc(N(CC2CC(=O)N(C)C2)S(C)(=O)=O)cc1C. The number of carbonyl (C=O) groups is 1. The van der Waals surface area contributed by atoms with Crippen LogP contribution in [0.25, 0.3) is 0 Å². The largest absolute Gasteiger partial charge is 0.345 e. The molecule has 1 fully saturated rings. The molecule has 0 N–H and O–H groups in total. The van der Waals surface area contributed by atoms with Crippen LogP contribution in [0, 0.1) is 12.8 Å². The molecule has 1 atom stereocenters. The Morgan fingerprint density at radius 3 is 2.64 bits per heavy atom. The van der Waals surface area contributed by atoms with Crippen molar-refractivity contribution in [1.29, 1.82) is 0 Å². The highest BCUT2D eigenvalue weighted by Crippen LogP contribution is 2.23. The quantitative estimate of drug-likeness (QED) is 0.776. The van der Waals surface area contributed by atoms with Crippen molar-refractivity contribution in [3.8, 4) is 0 Å². The Kier molecular flexibility index (Phi) is 4.79. The van der Waals surface area contributed by atoms with Gasteiger partial charge in [0.15, 0.2) is 5.82 Å². The summed E-state index contributed by atoms with van der Waals surface area (Å²) in [5.41, 5.74) is 0.935. The van der Waals surface area contributed by atoms with Crippen LogP contribution in [-0.4, -0.2) is 55.4 Å². The van der Waals surface area contributed by atoms with Crippen LogP contribution in [0.15, 0.2) is 6.07 Å². The molecule has 7 nitrogen and oxygen atoms in total. The minimum atomic E-state index is -3.43. The van der Waals surface area contributed by atoms with Gasteiger partial charge < -0.3 is 4.90 Å². The first kappa shape index (κ1) is 16.8. The summed E-state index contributed by atoms with van der Waals surface area (Å²) in [6.07, 6.45) is 2.50. The van der Waals surface area contributed by atoms with Crippen molar-refractivity contribution in [3.63, 3.8) is 0 Å². The molecule has 0 saturated carbocycles. The fraction of sp³-hybridized carbons (Fsp3) is 0.714. The average molecular weight is 328 g/mol. The number of hydrogen-bond donors (Lipinski definition) is 0. The van der Waals surface area contributed by atoms with Gasteiger partial charge in [0, 0.05) is 50.8 Å². The summed E-state index contributed by atoms with van der Waals surface area (Å²) in [5, 5.41) is 4.41. The topological polar surface area (TPSA) is 75.5 Å². The van der Waals surface area contributed by atoms with Crippen molar-refractivity contribution in [2.45, 2.75) is 33.2 Å². The number of nitrogens with zero attached hydrogens (tertiary/aromatic N) is 4. The zero-order chi connectivity index (χ0) is 16.5. The third kappa shape index (κ3) is 3.60. The summed E-state index contributed by atoms with van der Waals surface area (Å²) in [6.45, 7) is 5.60. The van der Waals surface area contributed by atoms with Gasteiger partial charge >= 0.3 is 0 Å². The van der Waals surface area contributed by atoms with Gasteiger partial charge in [-0.2, -0.15) is 5.10 Å². The molecule has 0 spiro atoms. The number of anilines is 1. The smallest absolute Gasteiger partial charge is 0.233 e. The lowest BCUT2D eigenvalue weighted by molar-refractivity contribution is -0.126. The second-order valence-corrected chi connectivity index (χ2v) is 7.91. The molecule has 1 aliphatic heterocycles. The standard InChI is InChI=1S/C14H24N4O3S/c1-5-6-17-11(2)7-13(15-17)18(22(4,20)21)10-12-8-14(19)16(3)9-12/h7,12H,5-6,8-10H2,1-4H3. The monoisotopic (exact) mass is 328 g/mol. The maximum absolute atomic E-state index is 12.1. The number of amides is 1. The molecule has 0 aromatic carbocycles. The zero-order valence-electron chi connectivity index (χ0n) is 13.6. The molecule has 1 aromatic heterocycles. The first-order valence-electron chi connectivity index (χ1n) is 7.48. The van der Waals surface area contributed by atoms with E-state index in [1.54, 1.807) is 18.0 Å². The van der Waals surface area contributed by atoms with Gasteiger partial charge in [-0.1, -0.05) is 6.92 Å². The summed E-state index contributed by atoms with van der Waals surface area (Å²) in [4.78, 5) is 13.3.